The molecule has 3 atom stereocenters. The van der Waals surface area contributed by atoms with E-state index in [1.807, 2.05) is 20.2 Å². The summed E-state index contributed by atoms with van der Waals surface area (Å²) in [6, 6.07) is 0.000162. The molecule has 1 aliphatic carbocycles. The van der Waals surface area contributed by atoms with E-state index in [9.17, 15) is 4.79 Å². The van der Waals surface area contributed by atoms with Crippen LogP contribution in [0.5, 0.6) is 0 Å². The third-order valence-electron chi connectivity index (χ3n) is 3.74. The zero-order valence-electron chi connectivity index (χ0n) is 11.1. The summed E-state index contributed by atoms with van der Waals surface area (Å²) in [4.78, 5) is 12.2. The van der Waals surface area contributed by atoms with Gasteiger partial charge in [0.25, 0.3) is 0 Å². The molecule has 1 heterocycles. The number of aromatic nitrogens is 2. The minimum absolute atomic E-state index is 0.0136. The van der Waals surface area contributed by atoms with Crippen LogP contribution in [-0.2, 0) is 11.8 Å². The molecule has 3 N–H and O–H groups in total. The van der Waals surface area contributed by atoms with Crippen molar-refractivity contribution in [2.24, 2.45) is 18.7 Å². The molecule has 18 heavy (non-hydrogen) atoms. The predicted molar refractivity (Wildman–Crippen MR) is 69.7 cm³/mol. The van der Waals surface area contributed by atoms with Gasteiger partial charge in [-0.2, -0.15) is 5.10 Å². The fourth-order valence-corrected chi connectivity index (χ4v) is 2.55. The summed E-state index contributed by atoms with van der Waals surface area (Å²) in [5.74, 6) is 0.0522. The molecule has 0 spiro atoms. The Labute approximate surface area is 108 Å². The molecule has 5 heteroatoms. The smallest absolute Gasteiger partial charge is 0.225 e. The molecule has 1 aromatic rings. The minimum Gasteiger partial charge on any atom is -0.349 e. The van der Waals surface area contributed by atoms with Gasteiger partial charge in [-0.05, 0) is 19.8 Å². The summed E-state index contributed by atoms with van der Waals surface area (Å²) in [5.41, 5.74) is 7.04. The Balaban J connectivity index is 1.94. The number of rotatable bonds is 3. The molecular weight excluding hydrogens is 228 g/mol. The normalized spacial score (nSPS) is 25.7. The van der Waals surface area contributed by atoms with Gasteiger partial charge in [0.05, 0.1) is 18.2 Å². The maximum Gasteiger partial charge on any atom is 0.225 e. The molecule has 2 rings (SSSR count). The summed E-state index contributed by atoms with van der Waals surface area (Å²) in [6.45, 7) is 1.98. The number of carbonyl (C=O) groups is 1. The lowest BCUT2D eigenvalue weighted by Crippen LogP contribution is -2.44. The second-order valence-electron chi connectivity index (χ2n) is 5.23. The quantitative estimate of drug-likeness (QED) is 0.844. The van der Waals surface area contributed by atoms with Crippen LogP contribution in [0.4, 0.5) is 0 Å². The van der Waals surface area contributed by atoms with Gasteiger partial charge >= 0.3 is 0 Å². The van der Waals surface area contributed by atoms with Crippen LogP contribution in [0.1, 0.15) is 44.2 Å². The number of hydrogen-bond acceptors (Lipinski definition) is 3. The molecule has 0 saturated heterocycles. The van der Waals surface area contributed by atoms with Crippen molar-refractivity contribution in [3.8, 4) is 0 Å². The van der Waals surface area contributed by atoms with Crippen molar-refractivity contribution in [2.75, 3.05) is 0 Å². The summed E-state index contributed by atoms with van der Waals surface area (Å²) in [7, 11) is 1.87. The van der Waals surface area contributed by atoms with Gasteiger partial charge in [0.1, 0.15) is 0 Å². The van der Waals surface area contributed by atoms with Gasteiger partial charge in [-0.15, -0.1) is 0 Å². The Morgan fingerprint density at radius 3 is 2.89 bits per heavy atom. The van der Waals surface area contributed by atoms with Crippen molar-refractivity contribution >= 4 is 5.91 Å². The first-order valence-electron chi connectivity index (χ1n) is 6.62. The van der Waals surface area contributed by atoms with Crippen LogP contribution in [-0.4, -0.2) is 21.7 Å². The predicted octanol–water partition coefficient (Wildman–Crippen LogP) is 1.11. The van der Waals surface area contributed by atoms with Crippen LogP contribution in [0.2, 0.25) is 0 Å². The molecule has 0 bridgehead atoms. The van der Waals surface area contributed by atoms with Crippen molar-refractivity contribution in [2.45, 2.75) is 44.7 Å². The molecule has 1 fully saturated rings. The molecule has 1 saturated carbocycles. The Morgan fingerprint density at radius 2 is 2.28 bits per heavy atom. The van der Waals surface area contributed by atoms with E-state index in [4.69, 9.17) is 5.73 Å². The lowest BCUT2D eigenvalue weighted by molar-refractivity contribution is -0.127. The second kappa shape index (κ2) is 5.52. The lowest BCUT2D eigenvalue weighted by Gasteiger charge is -2.28. The Hall–Kier alpha value is -1.36. The van der Waals surface area contributed by atoms with Crippen LogP contribution in [0, 0.1) is 5.92 Å². The van der Waals surface area contributed by atoms with Gasteiger partial charge in [0, 0.05) is 24.8 Å². The molecule has 100 valence electrons. The summed E-state index contributed by atoms with van der Waals surface area (Å²) in [5, 5.41) is 7.15. The van der Waals surface area contributed by atoms with Gasteiger partial charge in [0.2, 0.25) is 5.91 Å². The highest BCUT2D eigenvalue weighted by molar-refractivity contribution is 5.79. The van der Waals surface area contributed by atoms with Gasteiger partial charge in [-0.25, -0.2) is 0 Å². The van der Waals surface area contributed by atoms with E-state index in [0.29, 0.717) is 0 Å². The fraction of sp³-hybridized carbons (Fsp3) is 0.692. The van der Waals surface area contributed by atoms with Crippen LogP contribution in [0.3, 0.4) is 0 Å². The van der Waals surface area contributed by atoms with Crippen LogP contribution in [0.25, 0.3) is 0 Å². The third kappa shape index (κ3) is 2.90. The number of carbonyl (C=O) groups excluding carboxylic acids is 1. The van der Waals surface area contributed by atoms with Crippen molar-refractivity contribution in [1.29, 1.82) is 0 Å². The largest absolute Gasteiger partial charge is 0.349 e. The highest BCUT2D eigenvalue weighted by Gasteiger charge is 2.29. The van der Waals surface area contributed by atoms with Crippen molar-refractivity contribution in [1.82, 2.24) is 15.1 Å². The fourth-order valence-electron chi connectivity index (χ4n) is 2.55. The average molecular weight is 250 g/mol. The molecule has 3 unspecified atom stereocenters. The van der Waals surface area contributed by atoms with E-state index < -0.39 is 0 Å². The van der Waals surface area contributed by atoms with Gasteiger partial charge in [-0.3, -0.25) is 9.48 Å². The number of nitrogens with two attached hydrogens (primary N) is 1. The number of aryl methyl sites for hydroxylation is 1. The number of amides is 1. The SMILES string of the molecule is CC(NC(=O)C1CCCCC1N)c1cnn(C)c1. The molecule has 1 amide bonds. The Kier molecular flexibility index (Phi) is 4.01. The highest BCUT2D eigenvalue weighted by Crippen LogP contribution is 2.24. The van der Waals surface area contributed by atoms with Crippen LogP contribution >= 0.6 is 0 Å². The molecule has 5 nitrogen and oxygen atoms in total. The number of hydrogen-bond donors (Lipinski definition) is 2. The number of nitrogens with zero attached hydrogens (tertiary/aromatic N) is 2. The molecular formula is C13H22N4O. The standard InChI is InChI=1S/C13H22N4O/c1-9(10-7-15-17(2)8-10)16-13(18)11-5-3-4-6-12(11)14/h7-9,11-12H,3-6,14H2,1-2H3,(H,16,18). The second-order valence-corrected chi connectivity index (χ2v) is 5.23. The first-order valence-corrected chi connectivity index (χ1v) is 6.62. The Bertz CT molecular complexity index is 415. The molecule has 1 aliphatic rings. The summed E-state index contributed by atoms with van der Waals surface area (Å²) in [6.07, 6.45) is 7.82. The van der Waals surface area contributed by atoms with E-state index in [1.54, 1.807) is 10.9 Å². The maximum atomic E-state index is 12.2. The van der Waals surface area contributed by atoms with Gasteiger partial charge < -0.3 is 11.1 Å². The molecule has 0 aliphatic heterocycles. The monoisotopic (exact) mass is 250 g/mol. The van der Waals surface area contributed by atoms with Crippen molar-refractivity contribution < 1.29 is 4.79 Å². The number of nitrogens with one attached hydrogen (secondary N) is 1. The third-order valence-corrected chi connectivity index (χ3v) is 3.74. The van der Waals surface area contributed by atoms with Crippen molar-refractivity contribution in [3.63, 3.8) is 0 Å². The van der Waals surface area contributed by atoms with Gasteiger partial charge in [0.15, 0.2) is 0 Å². The maximum absolute atomic E-state index is 12.2. The molecule has 1 aromatic heterocycles. The van der Waals surface area contributed by atoms with E-state index in [2.05, 4.69) is 10.4 Å². The first-order chi connectivity index (χ1) is 8.58. The average Bonchev–Trinajstić information content (AvgIpc) is 2.76. The zero-order chi connectivity index (χ0) is 13.1. The van der Waals surface area contributed by atoms with Crippen LogP contribution < -0.4 is 11.1 Å². The van der Waals surface area contributed by atoms with E-state index in [1.165, 1.54) is 0 Å². The topological polar surface area (TPSA) is 72.9 Å². The van der Waals surface area contributed by atoms with Crippen LogP contribution in [0.15, 0.2) is 12.4 Å². The van der Waals surface area contributed by atoms with Gasteiger partial charge in [-0.1, -0.05) is 12.8 Å². The molecule has 0 aromatic carbocycles. The molecule has 0 radical (unpaired) electrons. The first kappa shape index (κ1) is 13.1. The van der Waals surface area contributed by atoms with E-state index in [0.717, 1.165) is 31.2 Å². The Morgan fingerprint density at radius 1 is 1.56 bits per heavy atom. The summed E-state index contributed by atoms with van der Waals surface area (Å²) >= 11 is 0. The van der Waals surface area contributed by atoms with E-state index >= 15 is 0 Å². The highest BCUT2D eigenvalue weighted by atomic mass is 16.2. The minimum atomic E-state index is -0.0297. The van der Waals surface area contributed by atoms with Crippen molar-refractivity contribution in [3.05, 3.63) is 18.0 Å². The van der Waals surface area contributed by atoms with E-state index in [-0.39, 0.29) is 23.9 Å². The summed E-state index contributed by atoms with van der Waals surface area (Å²) < 4.78 is 1.74. The zero-order valence-corrected chi connectivity index (χ0v) is 11.1. The lowest BCUT2D eigenvalue weighted by atomic mass is 9.84.